The van der Waals surface area contributed by atoms with Crippen LogP contribution in [-0.4, -0.2) is 58.9 Å². The summed E-state index contributed by atoms with van der Waals surface area (Å²) >= 11 is 1.13. The number of allylic oxidation sites excluding steroid dienone is 1. The molecule has 0 aromatic heterocycles. The molecule has 0 bridgehead atoms. The fourth-order valence-electron chi connectivity index (χ4n) is 1.17. The van der Waals surface area contributed by atoms with E-state index in [1.54, 1.807) is 0 Å². The van der Waals surface area contributed by atoms with Crippen molar-refractivity contribution in [1.82, 2.24) is 0 Å². The van der Waals surface area contributed by atoms with Gasteiger partial charge in [0.25, 0.3) is 0 Å². The number of carbonyl (C=O) groups is 2. The van der Waals surface area contributed by atoms with Gasteiger partial charge in [-0.25, -0.2) is 9.59 Å². The zero-order chi connectivity index (χ0) is 15.8. The van der Waals surface area contributed by atoms with Gasteiger partial charge < -0.3 is 9.84 Å². The number of esters is 1. The van der Waals surface area contributed by atoms with Crippen LogP contribution in [-0.2, 0) is 14.3 Å². The number of carboxylic acids is 1. The summed E-state index contributed by atoms with van der Waals surface area (Å²) in [5, 5.41) is 8.33. The molecule has 0 saturated heterocycles. The van der Waals surface area contributed by atoms with Crippen LogP contribution in [0.1, 0.15) is 26.2 Å². The zero-order valence-corrected chi connectivity index (χ0v) is 12.8. The fraction of sp³-hybridized carbons (Fsp3) is 0.500. The molecular weight excluding hydrogens is 415 g/mol. The zero-order valence-electron chi connectivity index (χ0n) is 10.6. The van der Waals surface area contributed by atoms with E-state index in [-0.39, 0.29) is 36.0 Å². The van der Waals surface area contributed by atoms with Crippen molar-refractivity contribution in [2.75, 3.05) is 0 Å². The Morgan fingerprint density at radius 3 is 2.33 bits per heavy atom. The molecule has 0 radical (unpaired) electrons. The van der Waals surface area contributed by atoms with Crippen LogP contribution in [0.3, 0.4) is 0 Å². The first-order valence-corrected chi connectivity index (χ1v) is 6.80. The minimum atomic E-state index is -4.49. The molecule has 0 aliphatic heterocycles. The monoisotopic (exact) mass is 430 g/mol. The quantitative estimate of drug-likeness (QED) is 0.292. The fourth-order valence-corrected chi connectivity index (χ4v) is 1.57. The van der Waals surface area contributed by atoms with E-state index in [0.29, 0.717) is 18.6 Å². The van der Waals surface area contributed by atoms with Crippen molar-refractivity contribution in [3.8, 4) is 0 Å². The number of aliphatic carboxylic acids is 1. The van der Waals surface area contributed by atoms with E-state index in [9.17, 15) is 22.8 Å². The van der Waals surface area contributed by atoms with Crippen LogP contribution in [0, 0.1) is 0 Å². The second-order valence-electron chi connectivity index (χ2n) is 3.80. The Balaban J connectivity index is 0. The van der Waals surface area contributed by atoms with Gasteiger partial charge in [-0.1, -0.05) is 13.3 Å². The molecule has 4 nitrogen and oxygen atoms in total. The summed E-state index contributed by atoms with van der Waals surface area (Å²) in [6.07, 6.45) is -1.92. The standard InChI is InChI=1S/C12H14F3IO4.Na.H/c1-2-3-4-8(7-9(16)12(13,14)15)20-11(19)6-5-10(17)18;;/h5-8H,2-4H2,1H3,(H,17,18);;/b6-5-,9-7-;;. The van der Waals surface area contributed by atoms with Gasteiger partial charge in [-0.3, -0.25) is 0 Å². The predicted molar refractivity (Wildman–Crippen MR) is 81.5 cm³/mol. The molecule has 1 N–H and O–H groups in total. The Hall–Kier alpha value is -0.0600. The van der Waals surface area contributed by atoms with Crippen molar-refractivity contribution in [3.63, 3.8) is 0 Å². The molecule has 0 aromatic carbocycles. The Labute approximate surface area is 156 Å². The molecule has 0 aromatic rings. The number of rotatable bonds is 7. The van der Waals surface area contributed by atoms with Gasteiger partial charge >= 0.3 is 47.7 Å². The molecule has 0 aliphatic rings. The number of alkyl halides is 3. The van der Waals surface area contributed by atoms with Crippen molar-refractivity contribution in [3.05, 3.63) is 21.8 Å². The molecule has 0 amide bonds. The van der Waals surface area contributed by atoms with Gasteiger partial charge in [0.1, 0.15) is 6.10 Å². The van der Waals surface area contributed by atoms with E-state index in [1.165, 1.54) is 0 Å². The molecule has 1 atom stereocenters. The molecule has 0 aliphatic carbocycles. The molecule has 116 valence electrons. The summed E-state index contributed by atoms with van der Waals surface area (Å²) in [5.41, 5.74) is 0. The molecule has 0 rings (SSSR count). The predicted octanol–water partition coefficient (Wildman–Crippen LogP) is 2.96. The van der Waals surface area contributed by atoms with Crippen LogP contribution in [0.4, 0.5) is 13.2 Å². The average molecular weight is 430 g/mol. The number of halogens is 4. The van der Waals surface area contributed by atoms with E-state index in [1.807, 2.05) is 6.92 Å². The van der Waals surface area contributed by atoms with Gasteiger partial charge in [0, 0.05) is 12.2 Å². The first-order chi connectivity index (χ1) is 9.16. The molecule has 9 heteroatoms. The number of ether oxygens (including phenoxy) is 1. The van der Waals surface area contributed by atoms with Gasteiger partial charge in [-0.15, -0.1) is 0 Å². The molecule has 1 unspecified atom stereocenters. The topological polar surface area (TPSA) is 63.6 Å². The summed E-state index contributed by atoms with van der Waals surface area (Å²) in [4.78, 5) is 21.5. The van der Waals surface area contributed by atoms with Crippen LogP contribution in [0.25, 0.3) is 0 Å². The minimum absolute atomic E-state index is 0. The van der Waals surface area contributed by atoms with Crippen LogP contribution in [0.5, 0.6) is 0 Å². The molecule has 0 heterocycles. The van der Waals surface area contributed by atoms with Gasteiger partial charge in [-0.05, 0) is 41.5 Å². The number of carboxylic acid groups (broad SMARTS) is 1. The van der Waals surface area contributed by atoms with Crippen LogP contribution in [0.2, 0.25) is 0 Å². The maximum atomic E-state index is 12.4. The second kappa shape index (κ2) is 11.5. The third-order valence-corrected chi connectivity index (χ3v) is 3.05. The van der Waals surface area contributed by atoms with E-state index in [4.69, 9.17) is 9.84 Å². The molecule has 0 fully saturated rings. The molecule has 0 spiro atoms. The third-order valence-electron chi connectivity index (χ3n) is 2.07. The third kappa shape index (κ3) is 12.2. The van der Waals surface area contributed by atoms with Crippen LogP contribution < -0.4 is 0 Å². The SMILES string of the molecule is CCCCC(/C=C(\I)C(F)(F)F)OC(=O)/C=C\C(=O)O.[NaH]. The average Bonchev–Trinajstić information content (AvgIpc) is 2.32. The Kier molecular flexibility index (Phi) is 12.7. The van der Waals surface area contributed by atoms with Crippen molar-refractivity contribution < 1.29 is 32.6 Å². The van der Waals surface area contributed by atoms with Gasteiger partial charge in [0.05, 0.1) is 3.58 Å². The molecular formula is C12H15F3INaO4. The summed E-state index contributed by atoms with van der Waals surface area (Å²) < 4.78 is 41.2. The van der Waals surface area contributed by atoms with Crippen LogP contribution >= 0.6 is 22.6 Å². The van der Waals surface area contributed by atoms with E-state index < -0.39 is 27.8 Å². The van der Waals surface area contributed by atoms with Crippen molar-refractivity contribution >= 4 is 64.1 Å². The summed E-state index contributed by atoms with van der Waals surface area (Å²) in [7, 11) is 0. The molecule has 0 saturated carbocycles. The number of unbranched alkanes of at least 4 members (excludes halogenated alkanes) is 1. The number of carbonyl (C=O) groups excluding carboxylic acids is 1. The Morgan fingerprint density at radius 1 is 1.33 bits per heavy atom. The van der Waals surface area contributed by atoms with Gasteiger partial charge in [0.15, 0.2) is 0 Å². The van der Waals surface area contributed by atoms with Gasteiger partial charge in [0.2, 0.25) is 0 Å². The first-order valence-electron chi connectivity index (χ1n) is 5.73. The first kappa shape index (κ1) is 23.2. The van der Waals surface area contributed by atoms with Crippen LogP contribution in [0.15, 0.2) is 21.8 Å². The van der Waals surface area contributed by atoms with Gasteiger partial charge in [-0.2, -0.15) is 13.2 Å². The van der Waals surface area contributed by atoms with Crippen molar-refractivity contribution in [2.45, 2.75) is 38.5 Å². The number of hydrogen-bond donors (Lipinski definition) is 1. The van der Waals surface area contributed by atoms with E-state index >= 15 is 0 Å². The second-order valence-corrected chi connectivity index (χ2v) is 4.96. The molecule has 21 heavy (non-hydrogen) atoms. The van der Waals surface area contributed by atoms with E-state index in [2.05, 4.69) is 0 Å². The summed E-state index contributed by atoms with van der Waals surface area (Å²) in [6.45, 7) is 1.85. The summed E-state index contributed by atoms with van der Waals surface area (Å²) in [5.74, 6) is -2.33. The Morgan fingerprint density at radius 2 is 1.90 bits per heavy atom. The number of hydrogen-bond acceptors (Lipinski definition) is 3. The van der Waals surface area contributed by atoms with Crippen molar-refractivity contribution in [2.24, 2.45) is 0 Å². The Bertz CT molecular complexity index is 408. The normalized spacial score (nSPS) is 13.7. The summed E-state index contributed by atoms with van der Waals surface area (Å²) in [6, 6.07) is 0. The maximum absolute atomic E-state index is 12.4. The van der Waals surface area contributed by atoms with E-state index in [0.717, 1.165) is 35.1 Å². The van der Waals surface area contributed by atoms with Crippen molar-refractivity contribution in [1.29, 1.82) is 0 Å².